The molecule has 0 radical (unpaired) electrons. The van der Waals surface area contributed by atoms with Crippen LogP contribution >= 0.6 is 11.7 Å². The fourth-order valence-corrected chi connectivity index (χ4v) is 3.02. The van der Waals surface area contributed by atoms with Crippen LogP contribution in [0.5, 0.6) is 0 Å². The number of fused-ring (bicyclic) bond motifs is 1. The summed E-state index contributed by atoms with van der Waals surface area (Å²) in [4.78, 5) is 25.6. The molecule has 1 N–H and O–H groups in total. The van der Waals surface area contributed by atoms with E-state index in [-0.39, 0.29) is 23.8 Å². The number of rotatable bonds is 1. The van der Waals surface area contributed by atoms with Crippen molar-refractivity contribution in [2.45, 2.75) is 18.9 Å². The molecule has 0 unspecified atom stereocenters. The largest absolute Gasteiger partial charge is 0.354 e. The van der Waals surface area contributed by atoms with Crippen LogP contribution in [0.1, 0.15) is 23.3 Å². The molecule has 90 valence electrons. The van der Waals surface area contributed by atoms with Crippen molar-refractivity contribution >= 4 is 23.5 Å². The lowest BCUT2D eigenvalue weighted by Crippen LogP contribution is -2.48. The van der Waals surface area contributed by atoms with E-state index < -0.39 is 0 Å². The third-order valence-electron chi connectivity index (χ3n) is 3.44. The first-order chi connectivity index (χ1) is 8.27. The fourth-order valence-electron chi connectivity index (χ4n) is 2.61. The molecule has 0 aliphatic carbocycles. The number of likely N-dealkylation sites (tertiary alicyclic amines) is 1. The molecule has 1 aromatic rings. The number of hydrogen-bond donors (Lipinski definition) is 1. The third-order valence-corrected chi connectivity index (χ3v) is 3.92. The van der Waals surface area contributed by atoms with Gasteiger partial charge in [-0.3, -0.25) is 9.59 Å². The highest BCUT2D eigenvalue weighted by Gasteiger charge is 2.43. The summed E-state index contributed by atoms with van der Waals surface area (Å²) in [5.41, 5.74) is 0.384. The fraction of sp³-hybridized carbons (Fsp3) is 0.600. The molecular weight excluding hydrogens is 240 g/mol. The Morgan fingerprint density at radius 1 is 1.59 bits per heavy atom. The van der Waals surface area contributed by atoms with Crippen molar-refractivity contribution in [3.05, 3.63) is 11.9 Å². The molecule has 2 saturated heterocycles. The molecule has 0 aromatic carbocycles. The van der Waals surface area contributed by atoms with Gasteiger partial charge in [-0.05, 0) is 12.8 Å². The topological polar surface area (TPSA) is 75.2 Å². The second kappa shape index (κ2) is 4.06. The Labute approximate surface area is 102 Å². The van der Waals surface area contributed by atoms with Crippen molar-refractivity contribution in [1.82, 2.24) is 19.0 Å². The van der Waals surface area contributed by atoms with Crippen LogP contribution in [0.2, 0.25) is 0 Å². The van der Waals surface area contributed by atoms with Crippen molar-refractivity contribution in [3.8, 4) is 0 Å². The molecule has 0 spiro atoms. The van der Waals surface area contributed by atoms with Gasteiger partial charge >= 0.3 is 0 Å². The van der Waals surface area contributed by atoms with Gasteiger partial charge in [0, 0.05) is 13.1 Å². The van der Waals surface area contributed by atoms with E-state index in [1.54, 1.807) is 4.90 Å². The van der Waals surface area contributed by atoms with Crippen molar-refractivity contribution in [2.75, 3.05) is 13.1 Å². The number of hydrogen-bond acceptors (Lipinski definition) is 5. The van der Waals surface area contributed by atoms with Crippen LogP contribution in [0, 0.1) is 5.92 Å². The zero-order valence-electron chi connectivity index (χ0n) is 9.13. The maximum atomic E-state index is 12.2. The van der Waals surface area contributed by atoms with Crippen LogP contribution in [0.3, 0.4) is 0 Å². The quantitative estimate of drug-likeness (QED) is 0.756. The van der Waals surface area contributed by atoms with Gasteiger partial charge in [-0.1, -0.05) is 0 Å². The summed E-state index contributed by atoms with van der Waals surface area (Å²) in [5.74, 6) is -0.0758. The Morgan fingerprint density at radius 2 is 2.47 bits per heavy atom. The molecule has 0 saturated carbocycles. The van der Waals surface area contributed by atoms with Crippen LogP contribution in [0.25, 0.3) is 0 Å². The maximum Gasteiger partial charge on any atom is 0.275 e. The lowest BCUT2D eigenvalue weighted by molar-refractivity contribution is -0.123. The van der Waals surface area contributed by atoms with Crippen molar-refractivity contribution < 1.29 is 9.59 Å². The summed E-state index contributed by atoms with van der Waals surface area (Å²) >= 11 is 1.03. The number of amides is 2. The number of carbonyl (C=O) groups is 2. The van der Waals surface area contributed by atoms with Gasteiger partial charge in [0.15, 0.2) is 5.69 Å². The molecule has 2 amide bonds. The van der Waals surface area contributed by atoms with Crippen LogP contribution in [0.15, 0.2) is 6.20 Å². The number of nitrogens with zero attached hydrogens (tertiary/aromatic N) is 3. The Morgan fingerprint density at radius 3 is 3.24 bits per heavy atom. The van der Waals surface area contributed by atoms with E-state index in [4.69, 9.17) is 0 Å². The summed E-state index contributed by atoms with van der Waals surface area (Å²) < 4.78 is 7.80. The SMILES string of the molecule is O=C1NC[C@H]2[C@H]1CCCN2C(=O)c1cnsn1. The number of carbonyl (C=O) groups excluding carboxylic acids is 2. The third kappa shape index (κ3) is 1.70. The zero-order chi connectivity index (χ0) is 11.8. The van der Waals surface area contributed by atoms with Gasteiger partial charge in [0.05, 0.1) is 29.9 Å². The summed E-state index contributed by atoms with van der Waals surface area (Å²) in [6.07, 6.45) is 3.23. The first-order valence-corrected chi connectivity index (χ1v) is 6.36. The maximum absolute atomic E-state index is 12.2. The van der Waals surface area contributed by atoms with Crippen LogP contribution < -0.4 is 5.32 Å². The van der Waals surface area contributed by atoms with Gasteiger partial charge in [-0.2, -0.15) is 8.75 Å². The molecule has 1 aromatic heterocycles. The van der Waals surface area contributed by atoms with Gasteiger partial charge in [0.1, 0.15) is 0 Å². The van der Waals surface area contributed by atoms with Crippen molar-refractivity contribution in [1.29, 1.82) is 0 Å². The number of nitrogens with one attached hydrogen (secondary N) is 1. The second-order valence-corrected chi connectivity index (χ2v) is 4.91. The van der Waals surface area contributed by atoms with Crippen LogP contribution in [-0.4, -0.2) is 44.6 Å². The normalized spacial score (nSPS) is 27.8. The average molecular weight is 252 g/mol. The number of aromatic nitrogens is 2. The van der Waals surface area contributed by atoms with E-state index in [2.05, 4.69) is 14.1 Å². The number of piperidine rings is 1. The van der Waals surface area contributed by atoms with Gasteiger partial charge in [-0.15, -0.1) is 0 Å². The Hall–Kier alpha value is -1.50. The van der Waals surface area contributed by atoms with E-state index in [0.29, 0.717) is 18.8 Å². The van der Waals surface area contributed by atoms with Gasteiger partial charge in [-0.25, -0.2) is 0 Å². The van der Waals surface area contributed by atoms with E-state index in [1.807, 2.05) is 0 Å². The molecule has 2 aliphatic heterocycles. The molecular formula is C10H12N4O2S. The summed E-state index contributed by atoms with van der Waals surface area (Å²) in [6, 6.07) is -0.00884. The molecule has 17 heavy (non-hydrogen) atoms. The Balaban J connectivity index is 1.83. The summed E-state index contributed by atoms with van der Waals surface area (Å²) in [6.45, 7) is 1.26. The lowest BCUT2D eigenvalue weighted by Gasteiger charge is -2.35. The Bertz CT molecular complexity index is 447. The molecule has 0 bridgehead atoms. The molecule has 3 heterocycles. The molecule has 7 heteroatoms. The van der Waals surface area contributed by atoms with Gasteiger partial charge < -0.3 is 10.2 Å². The predicted molar refractivity (Wildman–Crippen MR) is 60.5 cm³/mol. The van der Waals surface area contributed by atoms with E-state index >= 15 is 0 Å². The molecule has 2 fully saturated rings. The lowest BCUT2D eigenvalue weighted by atomic mass is 9.91. The second-order valence-electron chi connectivity index (χ2n) is 4.35. The monoisotopic (exact) mass is 252 g/mol. The Kier molecular flexibility index (Phi) is 2.54. The minimum absolute atomic E-state index is 0.00884. The smallest absolute Gasteiger partial charge is 0.275 e. The van der Waals surface area contributed by atoms with Crippen molar-refractivity contribution in [2.24, 2.45) is 5.92 Å². The first-order valence-electron chi connectivity index (χ1n) is 5.63. The zero-order valence-corrected chi connectivity index (χ0v) is 9.94. The van der Waals surface area contributed by atoms with E-state index in [1.165, 1.54) is 6.20 Å². The molecule has 2 aliphatic rings. The van der Waals surface area contributed by atoms with Gasteiger partial charge in [0.2, 0.25) is 5.91 Å². The van der Waals surface area contributed by atoms with Crippen molar-refractivity contribution in [3.63, 3.8) is 0 Å². The van der Waals surface area contributed by atoms with E-state index in [0.717, 1.165) is 24.6 Å². The van der Waals surface area contributed by atoms with Crippen LogP contribution in [-0.2, 0) is 4.79 Å². The minimum Gasteiger partial charge on any atom is -0.354 e. The van der Waals surface area contributed by atoms with Gasteiger partial charge in [0.25, 0.3) is 5.91 Å². The molecule has 2 atom stereocenters. The molecule has 6 nitrogen and oxygen atoms in total. The van der Waals surface area contributed by atoms with E-state index in [9.17, 15) is 9.59 Å². The first kappa shape index (κ1) is 10.6. The summed E-state index contributed by atoms with van der Waals surface area (Å²) in [5, 5.41) is 2.83. The minimum atomic E-state index is -0.107. The average Bonchev–Trinajstić information content (AvgIpc) is 2.98. The summed E-state index contributed by atoms with van der Waals surface area (Å²) in [7, 11) is 0. The van der Waals surface area contributed by atoms with Crippen LogP contribution in [0.4, 0.5) is 0 Å². The highest BCUT2D eigenvalue weighted by atomic mass is 32.1. The molecule has 3 rings (SSSR count). The standard InChI is InChI=1S/C10H12N4O2S/c15-9-6-2-1-3-14(8(6)5-11-9)10(16)7-4-12-17-13-7/h4,6,8H,1-3,5H2,(H,11,15)/t6-,8+/m1/s1. The highest BCUT2D eigenvalue weighted by molar-refractivity contribution is 6.99. The predicted octanol–water partition coefficient (Wildman–Crippen LogP) is -0.111. The highest BCUT2D eigenvalue weighted by Crippen LogP contribution is 2.28.